The number of hydrogen-bond acceptors (Lipinski definition) is 4. The van der Waals surface area contributed by atoms with Gasteiger partial charge in [0.1, 0.15) is 0 Å². The Kier molecular flexibility index (Phi) is 4.68. The van der Waals surface area contributed by atoms with Crippen molar-refractivity contribution in [3.8, 4) is 11.3 Å². The minimum Gasteiger partial charge on any atom is -0.481 e. The average Bonchev–Trinajstić information content (AvgIpc) is 3.34. The van der Waals surface area contributed by atoms with Crippen LogP contribution in [0, 0.1) is 11.3 Å². The molecule has 1 saturated heterocycles. The summed E-state index contributed by atoms with van der Waals surface area (Å²) >= 11 is 5.89. The molecular weight excluding hydrogens is 368 g/mol. The third kappa shape index (κ3) is 3.34. The second-order valence-corrected chi connectivity index (χ2v) is 7.89. The molecule has 6 nitrogen and oxygen atoms in total. The topological polar surface area (TPSA) is 83.6 Å². The normalized spacial score (nSPS) is 24.2. The van der Waals surface area contributed by atoms with Crippen molar-refractivity contribution in [2.45, 2.75) is 32.1 Å². The van der Waals surface area contributed by atoms with Gasteiger partial charge in [-0.2, -0.15) is 0 Å². The third-order valence-electron chi connectivity index (χ3n) is 5.88. The van der Waals surface area contributed by atoms with Crippen LogP contribution in [0.15, 0.2) is 34.9 Å². The quantitative estimate of drug-likeness (QED) is 0.845. The first-order chi connectivity index (χ1) is 13.0. The van der Waals surface area contributed by atoms with Crippen LogP contribution < -0.4 is 0 Å². The lowest BCUT2D eigenvalue weighted by atomic mass is 9.81. The van der Waals surface area contributed by atoms with Crippen molar-refractivity contribution in [2.75, 3.05) is 13.1 Å². The summed E-state index contributed by atoms with van der Waals surface area (Å²) in [4.78, 5) is 30.3. The standard InChI is InChI=1S/C20H21ClN2O4/c21-15-5-3-13(4-6-15)16-10-22-17(27-16)7-8-18(24)23-11-14-2-1-9-20(14,12-23)19(25)26/h3-6,10,14H,1-2,7-9,11-12H2,(H,25,26)/t14-,20+/m0/s1. The molecule has 1 aliphatic heterocycles. The highest BCUT2D eigenvalue weighted by atomic mass is 35.5. The maximum Gasteiger partial charge on any atom is 0.311 e. The number of likely N-dealkylation sites (tertiary alicyclic amines) is 1. The van der Waals surface area contributed by atoms with Gasteiger partial charge in [-0.25, -0.2) is 4.98 Å². The Morgan fingerprint density at radius 3 is 2.81 bits per heavy atom. The SMILES string of the molecule is O=C(CCc1ncc(-c2ccc(Cl)cc2)o1)N1C[C@@H]2CCC[C@@]2(C(=O)O)C1. The number of rotatable bonds is 5. The molecule has 2 heterocycles. The number of aliphatic carboxylic acids is 1. The first-order valence-corrected chi connectivity index (χ1v) is 9.57. The van der Waals surface area contributed by atoms with E-state index in [9.17, 15) is 14.7 Å². The number of carbonyl (C=O) groups excluding carboxylic acids is 1. The molecule has 1 saturated carbocycles. The van der Waals surface area contributed by atoms with Crippen molar-refractivity contribution in [3.63, 3.8) is 0 Å². The Bertz CT molecular complexity index is 863. The van der Waals surface area contributed by atoms with Crippen molar-refractivity contribution < 1.29 is 19.1 Å². The van der Waals surface area contributed by atoms with Gasteiger partial charge in [0.25, 0.3) is 0 Å². The molecule has 0 bridgehead atoms. The molecule has 1 N–H and O–H groups in total. The van der Waals surface area contributed by atoms with Gasteiger partial charge in [-0.3, -0.25) is 9.59 Å². The van der Waals surface area contributed by atoms with Gasteiger partial charge in [0.2, 0.25) is 5.91 Å². The fraction of sp³-hybridized carbons (Fsp3) is 0.450. The lowest BCUT2D eigenvalue weighted by molar-refractivity contribution is -0.149. The maximum absolute atomic E-state index is 12.6. The van der Waals surface area contributed by atoms with Crippen LogP contribution in [-0.4, -0.2) is 40.0 Å². The number of hydrogen-bond donors (Lipinski definition) is 1. The van der Waals surface area contributed by atoms with Gasteiger partial charge in [-0.15, -0.1) is 0 Å². The van der Waals surface area contributed by atoms with E-state index in [1.165, 1.54) is 0 Å². The highest BCUT2D eigenvalue weighted by molar-refractivity contribution is 6.30. The first kappa shape index (κ1) is 18.0. The van der Waals surface area contributed by atoms with E-state index in [2.05, 4.69) is 4.98 Å². The fourth-order valence-corrected chi connectivity index (χ4v) is 4.50. The second kappa shape index (κ2) is 7.00. The van der Waals surface area contributed by atoms with Gasteiger partial charge < -0.3 is 14.4 Å². The molecule has 1 aromatic carbocycles. The Morgan fingerprint density at radius 1 is 1.33 bits per heavy atom. The van der Waals surface area contributed by atoms with Crippen LogP contribution in [0.5, 0.6) is 0 Å². The molecule has 1 aliphatic carbocycles. The number of oxazole rings is 1. The molecule has 4 rings (SSSR count). The summed E-state index contributed by atoms with van der Waals surface area (Å²) in [5.74, 6) is 0.421. The number of carbonyl (C=O) groups is 2. The van der Waals surface area contributed by atoms with E-state index in [-0.39, 0.29) is 18.2 Å². The Labute approximate surface area is 162 Å². The summed E-state index contributed by atoms with van der Waals surface area (Å²) in [6, 6.07) is 7.27. The maximum atomic E-state index is 12.6. The predicted octanol–water partition coefficient (Wildman–Crippen LogP) is 3.64. The van der Waals surface area contributed by atoms with Crippen LogP contribution >= 0.6 is 11.6 Å². The highest BCUT2D eigenvalue weighted by Crippen LogP contribution is 2.49. The van der Waals surface area contributed by atoms with Crippen LogP contribution in [0.4, 0.5) is 0 Å². The zero-order valence-electron chi connectivity index (χ0n) is 14.9. The van der Waals surface area contributed by atoms with Crippen molar-refractivity contribution in [1.29, 1.82) is 0 Å². The number of fused-ring (bicyclic) bond motifs is 1. The van der Waals surface area contributed by atoms with Crippen molar-refractivity contribution >= 4 is 23.5 Å². The summed E-state index contributed by atoms with van der Waals surface area (Å²) in [5.41, 5.74) is 0.139. The van der Waals surface area contributed by atoms with Crippen LogP contribution in [0.25, 0.3) is 11.3 Å². The van der Waals surface area contributed by atoms with Crippen LogP contribution in [0.3, 0.4) is 0 Å². The van der Waals surface area contributed by atoms with E-state index in [0.29, 0.717) is 42.6 Å². The van der Waals surface area contributed by atoms with E-state index >= 15 is 0 Å². The molecule has 2 atom stereocenters. The highest BCUT2D eigenvalue weighted by Gasteiger charge is 2.55. The number of aryl methyl sites for hydroxylation is 1. The van der Waals surface area contributed by atoms with E-state index in [1.54, 1.807) is 23.2 Å². The molecule has 1 aromatic heterocycles. The number of halogens is 1. The first-order valence-electron chi connectivity index (χ1n) is 9.20. The van der Waals surface area contributed by atoms with E-state index < -0.39 is 11.4 Å². The zero-order valence-corrected chi connectivity index (χ0v) is 15.6. The molecule has 2 fully saturated rings. The van der Waals surface area contributed by atoms with E-state index in [4.69, 9.17) is 16.0 Å². The monoisotopic (exact) mass is 388 g/mol. The molecule has 1 amide bonds. The molecule has 2 aromatic rings. The lowest BCUT2D eigenvalue weighted by Gasteiger charge is -2.23. The summed E-state index contributed by atoms with van der Waals surface area (Å²) in [6.45, 7) is 0.875. The minimum atomic E-state index is -0.763. The number of amides is 1. The molecule has 27 heavy (non-hydrogen) atoms. The van der Waals surface area contributed by atoms with Gasteiger partial charge in [-0.05, 0) is 43.0 Å². The number of nitrogens with zero attached hydrogens (tertiary/aromatic N) is 2. The van der Waals surface area contributed by atoms with Gasteiger partial charge >= 0.3 is 5.97 Å². The third-order valence-corrected chi connectivity index (χ3v) is 6.14. The van der Waals surface area contributed by atoms with E-state index in [0.717, 1.165) is 18.4 Å². The molecule has 7 heteroatoms. The van der Waals surface area contributed by atoms with Crippen molar-refractivity contribution in [1.82, 2.24) is 9.88 Å². The van der Waals surface area contributed by atoms with Gasteiger partial charge in [-0.1, -0.05) is 18.0 Å². The number of carboxylic acid groups (broad SMARTS) is 1. The second-order valence-electron chi connectivity index (χ2n) is 7.45. The van der Waals surface area contributed by atoms with Crippen LogP contribution in [0.1, 0.15) is 31.6 Å². The average molecular weight is 389 g/mol. The fourth-order valence-electron chi connectivity index (χ4n) is 4.37. The molecule has 2 aliphatic rings. The smallest absolute Gasteiger partial charge is 0.311 e. The molecule has 142 valence electrons. The summed E-state index contributed by atoms with van der Waals surface area (Å²) < 4.78 is 5.74. The summed E-state index contributed by atoms with van der Waals surface area (Å²) in [5, 5.41) is 10.3. The number of carboxylic acids is 1. The predicted molar refractivity (Wildman–Crippen MR) is 99.3 cm³/mol. The Hall–Kier alpha value is -2.34. The van der Waals surface area contributed by atoms with Crippen molar-refractivity contribution in [2.24, 2.45) is 11.3 Å². The zero-order chi connectivity index (χ0) is 19.0. The Balaban J connectivity index is 1.36. The lowest BCUT2D eigenvalue weighted by Crippen LogP contribution is -2.37. The number of benzene rings is 1. The Morgan fingerprint density at radius 2 is 2.11 bits per heavy atom. The largest absolute Gasteiger partial charge is 0.481 e. The molecular formula is C20H21ClN2O4. The molecule has 0 unspecified atom stereocenters. The van der Waals surface area contributed by atoms with Gasteiger partial charge in [0.05, 0.1) is 11.6 Å². The molecule has 0 radical (unpaired) electrons. The van der Waals surface area contributed by atoms with E-state index in [1.807, 2.05) is 12.1 Å². The number of aromatic nitrogens is 1. The van der Waals surface area contributed by atoms with Crippen LogP contribution in [-0.2, 0) is 16.0 Å². The summed E-state index contributed by atoms with van der Waals surface area (Å²) in [7, 11) is 0. The summed E-state index contributed by atoms with van der Waals surface area (Å²) in [6.07, 6.45) is 4.80. The molecule has 0 spiro atoms. The minimum absolute atomic E-state index is 0.0312. The van der Waals surface area contributed by atoms with Gasteiger partial charge in [0.15, 0.2) is 11.7 Å². The van der Waals surface area contributed by atoms with Crippen LogP contribution in [0.2, 0.25) is 5.02 Å². The van der Waals surface area contributed by atoms with Crippen molar-refractivity contribution in [3.05, 3.63) is 41.4 Å². The van der Waals surface area contributed by atoms with Gasteiger partial charge in [0, 0.05) is 36.5 Å².